The van der Waals surface area contributed by atoms with Crippen LogP contribution >= 0.6 is 11.6 Å². The third-order valence-electron chi connectivity index (χ3n) is 3.98. The molecule has 0 aliphatic heterocycles. The molecule has 4 aromatic rings. The Kier molecular flexibility index (Phi) is 4.90. The number of para-hydroxylation sites is 2. The van der Waals surface area contributed by atoms with Gasteiger partial charge in [0.1, 0.15) is 5.69 Å². The summed E-state index contributed by atoms with van der Waals surface area (Å²) in [6.07, 6.45) is 1.56. The standard InChI is InChI=1S/C20H15ClN4O3/c1-2-27-20(26)17-18(12-7-9-13(21)10-8-12)25-28-19(17)24-16-11-22-14-5-3-4-6-15(14)23-16/h3-11H,2H2,1H3,(H,23,24). The molecule has 8 heteroatoms. The Morgan fingerprint density at radius 2 is 1.89 bits per heavy atom. The molecule has 0 aliphatic carbocycles. The largest absolute Gasteiger partial charge is 0.462 e. The number of ether oxygens (including phenoxy) is 1. The number of aromatic nitrogens is 3. The van der Waals surface area contributed by atoms with E-state index in [1.807, 2.05) is 24.3 Å². The molecular formula is C20H15ClN4O3. The van der Waals surface area contributed by atoms with Crippen molar-refractivity contribution in [2.75, 3.05) is 11.9 Å². The number of rotatable bonds is 5. The van der Waals surface area contributed by atoms with Crippen molar-refractivity contribution in [3.8, 4) is 11.3 Å². The molecule has 4 rings (SSSR count). The fourth-order valence-electron chi connectivity index (χ4n) is 2.71. The first kappa shape index (κ1) is 17.9. The van der Waals surface area contributed by atoms with Crippen molar-refractivity contribution in [3.63, 3.8) is 0 Å². The van der Waals surface area contributed by atoms with Crippen LogP contribution in [0.15, 0.2) is 59.3 Å². The van der Waals surface area contributed by atoms with Gasteiger partial charge in [-0.05, 0) is 31.2 Å². The Hall–Kier alpha value is -3.45. The zero-order valence-corrected chi connectivity index (χ0v) is 15.6. The van der Waals surface area contributed by atoms with Crippen LogP contribution in [0.2, 0.25) is 5.02 Å². The first-order chi connectivity index (χ1) is 13.7. The molecule has 140 valence electrons. The fourth-order valence-corrected chi connectivity index (χ4v) is 2.83. The van der Waals surface area contributed by atoms with Crippen molar-refractivity contribution < 1.29 is 14.1 Å². The number of halogens is 1. The number of nitrogens with zero attached hydrogens (tertiary/aromatic N) is 3. The van der Waals surface area contributed by atoms with Gasteiger partial charge in [0.05, 0.1) is 23.8 Å². The summed E-state index contributed by atoms with van der Waals surface area (Å²) < 4.78 is 10.6. The maximum Gasteiger partial charge on any atom is 0.346 e. The molecule has 0 amide bonds. The zero-order chi connectivity index (χ0) is 19.5. The Morgan fingerprint density at radius 1 is 1.14 bits per heavy atom. The number of nitrogens with one attached hydrogen (secondary N) is 1. The molecule has 0 bridgehead atoms. The molecule has 0 unspecified atom stereocenters. The van der Waals surface area contributed by atoms with Crippen LogP contribution in [0.5, 0.6) is 0 Å². The fraction of sp³-hybridized carbons (Fsp3) is 0.100. The zero-order valence-electron chi connectivity index (χ0n) is 14.8. The lowest BCUT2D eigenvalue weighted by Gasteiger charge is -2.06. The van der Waals surface area contributed by atoms with E-state index in [0.29, 0.717) is 27.6 Å². The van der Waals surface area contributed by atoms with Crippen LogP contribution in [0, 0.1) is 0 Å². The van der Waals surface area contributed by atoms with Crippen molar-refractivity contribution in [2.24, 2.45) is 0 Å². The second kappa shape index (κ2) is 7.66. The minimum atomic E-state index is -0.551. The Morgan fingerprint density at radius 3 is 2.64 bits per heavy atom. The van der Waals surface area contributed by atoms with Crippen LogP contribution in [0.4, 0.5) is 11.7 Å². The molecule has 0 saturated carbocycles. The number of hydrogen-bond acceptors (Lipinski definition) is 7. The van der Waals surface area contributed by atoms with Gasteiger partial charge in [-0.1, -0.05) is 41.0 Å². The number of esters is 1. The molecule has 0 radical (unpaired) electrons. The first-order valence-corrected chi connectivity index (χ1v) is 8.95. The van der Waals surface area contributed by atoms with Crippen molar-refractivity contribution >= 4 is 40.3 Å². The van der Waals surface area contributed by atoms with E-state index in [4.69, 9.17) is 20.9 Å². The van der Waals surface area contributed by atoms with Gasteiger partial charge in [-0.25, -0.2) is 9.78 Å². The SMILES string of the molecule is CCOC(=O)c1c(-c2ccc(Cl)cc2)noc1Nc1cnc2ccccc2n1. The van der Waals surface area contributed by atoms with Gasteiger partial charge in [0, 0.05) is 10.6 Å². The number of anilines is 2. The highest BCUT2D eigenvalue weighted by Crippen LogP contribution is 2.32. The van der Waals surface area contributed by atoms with Crippen LogP contribution in [-0.4, -0.2) is 27.7 Å². The normalized spacial score (nSPS) is 10.8. The molecule has 2 aromatic heterocycles. The number of fused-ring (bicyclic) bond motifs is 1. The van der Waals surface area contributed by atoms with Crippen molar-refractivity contribution in [3.05, 3.63) is 65.3 Å². The van der Waals surface area contributed by atoms with Gasteiger partial charge in [-0.2, -0.15) is 0 Å². The van der Waals surface area contributed by atoms with Gasteiger partial charge in [-0.3, -0.25) is 4.98 Å². The van der Waals surface area contributed by atoms with Crippen LogP contribution < -0.4 is 5.32 Å². The van der Waals surface area contributed by atoms with Crippen LogP contribution in [0.25, 0.3) is 22.3 Å². The van der Waals surface area contributed by atoms with Crippen molar-refractivity contribution in [2.45, 2.75) is 6.92 Å². The highest BCUT2D eigenvalue weighted by molar-refractivity contribution is 6.30. The van der Waals surface area contributed by atoms with E-state index in [0.717, 1.165) is 5.52 Å². The molecule has 2 aromatic carbocycles. The van der Waals surface area contributed by atoms with E-state index in [1.165, 1.54) is 0 Å². The summed E-state index contributed by atoms with van der Waals surface area (Å²) in [7, 11) is 0. The maximum atomic E-state index is 12.6. The first-order valence-electron chi connectivity index (χ1n) is 8.57. The number of carbonyl (C=O) groups is 1. The average molecular weight is 395 g/mol. The predicted molar refractivity (Wildman–Crippen MR) is 106 cm³/mol. The maximum absolute atomic E-state index is 12.6. The number of hydrogen-bond donors (Lipinski definition) is 1. The van der Waals surface area contributed by atoms with Gasteiger partial charge in [0.2, 0.25) is 5.88 Å². The van der Waals surface area contributed by atoms with Crippen LogP contribution in [0.3, 0.4) is 0 Å². The number of carbonyl (C=O) groups excluding carboxylic acids is 1. The minimum Gasteiger partial charge on any atom is -0.462 e. The Bertz CT molecular complexity index is 1140. The summed E-state index contributed by atoms with van der Waals surface area (Å²) in [6.45, 7) is 1.95. The molecule has 0 spiro atoms. The van der Waals surface area contributed by atoms with Gasteiger partial charge in [0.25, 0.3) is 0 Å². The average Bonchev–Trinajstić information content (AvgIpc) is 3.12. The van der Waals surface area contributed by atoms with E-state index in [1.54, 1.807) is 37.4 Å². The molecule has 0 aliphatic rings. The van der Waals surface area contributed by atoms with Crippen molar-refractivity contribution in [1.29, 1.82) is 0 Å². The third kappa shape index (κ3) is 3.52. The Labute approximate surface area is 165 Å². The summed E-state index contributed by atoms with van der Waals surface area (Å²) in [5.74, 6) is 0.000911. The monoisotopic (exact) mass is 394 g/mol. The molecule has 0 fully saturated rings. The van der Waals surface area contributed by atoms with E-state index in [2.05, 4.69) is 20.4 Å². The third-order valence-corrected chi connectivity index (χ3v) is 4.23. The minimum absolute atomic E-state index is 0.132. The molecule has 0 atom stereocenters. The highest BCUT2D eigenvalue weighted by atomic mass is 35.5. The quantitative estimate of drug-likeness (QED) is 0.483. The van der Waals surface area contributed by atoms with Crippen LogP contribution in [0.1, 0.15) is 17.3 Å². The summed E-state index contributed by atoms with van der Waals surface area (Å²) in [5.41, 5.74) is 2.68. The summed E-state index contributed by atoms with van der Waals surface area (Å²) in [5, 5.41) is 7.60. The second-order valence-corrected chi connectivity index (χ2v) is 6.27. The lowest BCUT2D eigenvalue weighted by molar-refractivity contribution is 0.0528. The molecular weight excluding hydrogens is 380 g/mol. The topological polar surface area (TPSA) is 90.1 Å². The second-order valence-electron chi connectivity index (χ2n) is 5.83. The summed E-state index contributed by atoms with van der Waals surface area (Å²) >= 11 is 5.95. The van der Waals surface area contributed by atoms with E-state index < -0.39 is 5.97 Å². The summed E-state index contributed by atoms with van der Waals surface area (Å²) in [4.78, 5) is 21.4. The highest BCUT2D eigenvalue weighted by Gasteiger charge is 2.26. The van der Waals surface area contributed by atoms with E-state index in [-0.39, 0.29) is 18.1 Å². The van der Waals surface area contributed by atoms with Gasteiger partial charge >= 0.3 is 5.97 Å². The van der Waals surface area contributed by atoms with Crippen molar-refractivity contribution in [1.82, 2.24) is 15.1 Å². The van der Waals surface area contributed by atoms with Gasteiger partial charge in [-0.15, -0.1) is 0 Å². The predicted octanol–water partition coefficient (Wildman–Crippen LogP) is 4.86. The molecule has 2 heterocycles. The van der Waals surface area contributed by atoms with E-state index in [9.17, 15) is 4.79 Å². The van der Waals surface area contributed by atoms with Gasteiger partial charge in [0.15, 0.2) is 11.4 Å². The molecule has 1 N–H and O–H groups in total. The molecule has 0 saturated heterocycles. The summed E-state index contributed by atoms with van der Waals surface area (Å²) in [6, 6.07) is 14.4. The lowest BCUT2D eigenvalue weighted by Crippen LogP contribution is -2.08. The van der Waals surface area contributed by atoms with Crippen LogP contribution in [-0.2, 0) is 4.74 Å². The Balaban J connectivity index is 1.75. The molecule has 28 heavy (non-hydrogen) atoms. The lowest BCUT2D eigenvalue weighted by atomic mass is 10.1. The van der Waals surface area contributed by atoms with E-state index >= 15 is 0 Å². The molecule has 7 nitrogen and oxygen atoms in total. The number of benzene rings is 2. The van der Waals surface area contributed by atoms with Gasteiger partial charge < -0.3 is 14.6 Å². The smallest absolute Gasteiger partial charge is 0.346 e.